The molecule has 108 valence electrons. The van der Waals surface area contributed by atoms with Crippen molar-refractivity contribution in [2.75, 3.05) is 24.6 Å². The van der Waals surface area contributed by atoms with Gasteiger partial charge in [-0.15, -0.1) is 0 Å². The number of nitrogens with one attached hydrogen (secondary N) is 1. The number of hydrogen-bond acceptors (Lipinski definition) is 2. The summed E-state index contributed by atoms with van der Waals surface area (Å²) in [5.74, 6) is 3.30. The fraction of sp³-hybridized carbons (Fsp3) is 0.625. The van der Waals surface area contributed by atoms with Crippen LogP contribution in [0.25, 0.3) is 0 Å². The molecule has 0 saturated carbocycles. The second-order valence-corrected chi connectivity index (χ2v) is 7.16. The van der Waals surface area contributed by atoms with Crippen LogP contribution in [0.4, 0.5) is 0 Å². The van der Waals surface area contributed by atoms with Crippen LogP contribution < -0.4 is 5.32 Å². The molecule has 0 aliphatic carbocycles. The van der Waals surface area contributed by atoms with Gasteiger partial charge in [-0.3, -0.25) is 0 Å². The summed E-state index contributed by atoms with van der Waals surface area (Å²) >= 11 is 5.61. The van der Waals surface area contributed by atoms with E-state index in [9.17, 15) is 0 Å². The van der Waals surface area contributed by atoms with Crippen LogP contribution in [-0.2, 0) is 6.42 Å². The average Bonchev–Trinajstić information content (AvgIpc) is 2.40. The molecule has 0 aliphatic rings. The molecule has 0 amide bonds. The number of thioether (sulfide) groups is 1. The monoisotopic (exact) mass is 343 g/mol. The maximum Gasteiger partial charge on any atom is 0.0177 e. The Bertz CT molecular complexity index is 343. The lowest BCUT2D eigenvalue weighted by atomic mass is 9.95. The van der Waals surface area contributed by atoms with E-state index in [1.807, 2.05) is 0 Å². The lowest BCUT2D eigenvalue weighted by Gasteiger charge is -2.17. The molecule has 1 rings (SSSR count). The molecular formula is C16H26BrNS. The van der Waals surface area contributed by atoms with Gasteiger partial charge in [-0.1, -0.05) is 41.9 Å². The highest BCUT2D eigenvalue weighted by molar-refractivity contribution is 9.10. The van der Waals surface area contributed by atoms with Gasteiger partial charge in [0, 0.05) is 4.47 Å². The molecule has 0 saturated heterocycles. The summed E-state index contributed by atoms with van der Waals surface area (Å²) in [6, 6.07) is 8.72. The number of rotatable bonds is 10. The SMILES string of the molecule is CCNCC(CCCSCC)Cc1cccc(Br)c1. The first-order valence-corrected chi connectivity index (χ1v) is 9.24. The van der Waals surface area contributed by atoms with Gasteiger partial charge in [0.25, 0.3) is 0 Å². The van der Waals surface area contributed by atoms with Crippen LogP contribution in [0.15, 0.2) is 28.7 Å². The van der Waals surface area contributed by atoms with Crippen LogP contribution in [-0.4, -0.2) is 24.6 Å². The molecule has 1 atom stereocenters. The number of hydrogen-bond donors (Lipinski definition) is 1. The fourth-order valence-corrected chi connectivity index (χ4v) is 3.35. The zero-order valence-electron chi connectivity index (χ0n) is 12.1. The van der Waals surface area contributed by atoms with Gasteiger partial charge in [-0.25, -0.2) is 0 Å². The van der Waals surface area contributed by atoms with Gasteiger partial charge in [0.15, 0.2) is 0 Å². The molecule has 0 aromatic heterocycles. The van der Waals surface area contributed by atoms with E-state index in [1.54, 1.807) is 0 Å². The van der Waals surface area contributed by atoms with Crippen LogP contribution in [0.3, 0.4) is 0 Å². The Balaban J connectivity index is 2.43. The summed E-state index contributed by atoms with van der Waals surface area (Å²) in [6.45, 7) is 6.63. The topological polar surface area (TPSA) is 12.0 Å². The highest BCUT2D eigenvalue weighted by atomic mass is 79.9. The number of benzene rings is 1. The molecule has 0 aliphatic heterocycles. The molecule has 0 spiro atoms. The third-order valence-electron chi connectivity index (χ3n) is 3.20. The minimum atomic E-state index is 0.756. The second-order valence-electron chi connectivity index (χ2n) is 4.85. The van der Waals surface area contributed by atoms with Crippen LogP contribution in [0.2, 0.25) is 0 Å². The Morgan fingerprint density at radius 1 is 1.32 bits per heavy atom. The lowest BCUT2D eigenvalue weighted by Crippen LogP contribution is -2.24. The molecule has 0 heterocycles. The van der Waals surface area contributed by atoms with Crippen LogP contribution >= 0.6 is 27.7 Å². The minimum absolute atomic E-state index is 0.756. The first-order valence-electron chi connectivity index (χ1n) is 7.29. The smallest absolute Gasteiger partial charge is 0.0177 e. The largest absolute Gasteiger partial charge is 0.317 e. The van der Waals surface area contributed by atoms with E-state index in [-0.39, 0.29) is 0 Å². The second kappa shape index (κ2) is 10.8. The summed E-state index contributed by atoms with van der Waals surface area (Å²) in [7, 11) is 0. The quantitative estimate of drug-likeness (QED) is 0.615. The Hall–Kier alpha value is 0.01000. The van der Waals surface area contributed by atoms with E-state index >= 15 is 0 Å². The average molecular weight is 344 g/mol. The fourth-order valence-electron chi connectivity index (χ4n) is 2.24. The highest BCUT2D eigenvalue weighted by Gasteiger charge is 2.09. The van der Waals surface area contributed by atoms with Gasteiger partial charge in [0.05, 0.1) is 0 Å². The van der Waals surface area contributed by atoms with Crippen molar-refractivity contribution in [2.45, 2.75) is 33.1 Å². The highest BCUT2D eigenvalue weighted by Crippen LogP contribution is 2.18. The zero-order valence-corrected chi connectivity index (χ0v) is 14.5. The molecule has 1 nitrogen and oxygen atoms in total. The predicted molar refractivity (Wildman–Crippen MR) is 92.1 cm³/mol. The van der Waals surface area contributed by atoms with E-state index in [0.29, 0.717) is 0 Å². The Labute approximate surface area is 131 Å². The van der Waals surface area contributed by atoms with E-state index < -0.39 is 0 Å². The van der Waals surface area contributed by atoms with E-state index in [1.165, 1.54) is 40.8 Å². The molecule has 1 N–H and O–H groups in total. The van der Waals surface area contributed by atoms with Crippen LogP contribution in [0.1, 0.15) is 32.3 Å². The van der Waals surface area contributed by atoms with Crippen molar-refractivity contribution in [3.05, 3.63) is 34.3 Å². The summed E-state index contributed by atoms with van der Waals surface area (Å²) in [6.07, 6.45) is 3.85. The first kappa shape index (κ1) is 17.1. The summed E-state index contributed by atoms with van der Waals surface area (Å²) < 4.78 is 1.19. The summed E-state index contributed by atoms with van der Waals surface area (Å²) in [4.78, 5) is 0. The van der Waals surface area contributed by atoms with Crippen LogP contribution in [0.5, 0.6) is 0 Å². The Kier molecular flexibility index (Phi) is 9.66. The van der Waals surface area contributed by atoms with Crippen molar-refractivity contribution in [1.82, 2.24) is 5.32 Å². The molecular weight excluding hydrogens is 318 g/mol. The van der Waals surface area contributed by atoms with Gasteiger partial charge in [0.1, 0.15) is 0 Å². The molecule has 0 fully saturated rings. The van der Waals surface area contributed by atoms with Crippen molar-refractivity contribution in [2.24, 2.45) is 5.92 Å². The maximum absolute atomic E-state index is 3.56. The van der Waals surface area contributed by atoms with Crippen molar-refractivity contribution in [3.63, 3.8) is 0 Å². The standard InChI is InChI=1S/C16H26BrNS/c1-3-18-13-15(8-6-10-19-4-2)11-14-7-5-9-16(17)12-14/h5,7,9,12,15,18H,3-4,6,8,10-11,13H2,1-2H3. The molecule has 1 unspecified atom stereocenters. The van der Waals surface area contributed by atoms with Crippen LogP contribution in [0, 0.1) is 5.92 Å². The van der Waals surface area contributed by atoms with Gasteiger partial charge < -0.3 is 5.32 Å². The van der Waals surface area contributed by atoms with Crippen molar-refractivity contribution in [1.29, 1.82) is 0 Å². The molecule has 3 heteroatoms. The van der Waals surface area contributed by atoms with Gasteiger partial charge in [0.2, 0.25) is 0 Å². The molecule has 1 aromatic carbocycles. The van der Waals surface area contributed by atoms with Gasteiger partial charge in [-0.2, -0.15) is 11.8 Å². The zero-order chi connectivity index (χ0) is 13.9. The summed E-state index contributed by atoms with van der Waals surface area (Å²) in [5.41, 5.74) is 1.44. The third-order valence-corrected chi connectivity index (χ3v) is 4.68. The van der Waals surface area contributed by atoms with E-state index in [4.69, 9.17) is 0 Å². The maximum atomic E-state index is 3.56. The number of halogens is 1. The Morgan fingerprint density at radius 2 is 2.16 bits per heavy atom. The van der Waals surface area contributed by atoms with Crippen molar-refractivity contribution >= 4 is 27.7 Å². The minimum Gasteiger partial charge on any atom is -0.317 e. The normalized spacial score (nSPS) is 12.6. The summed E-state index contributed by atoms with van der Waals surface area (Å²) in [5, 5.41) is 3.51. The van der Waals surface area contributed by atoms with Crippen molar-refractivity contribution < 1.29 is 0 Å². The van der Waals surface area contributed by atoms with E-state index in [2.05, 4.69) is 71.1 Å². The van der Waals surface area contributed by atoms with Gasteiger partial charge in [-0.05, 0) is 67.5 Å². The first-order chi connectivity index (χ1) is 9.26. The lowest BCUT2D eigenvalue weighted by molar-refractivity contribution is 0.446. The van der Waals surface area contributed by atoms with E-state index in [0.717, 1.165) is 19.0 Å². The van der Waals surface area contributed by atoms with Crippen molar-refractivity contribution in [3.8, 4) is 0 Å². The Morgan fingerprint density at radius 3 is 2.84 bits per heavy atom. The molecule has 19 heavy (non-hydrogen) atoms. The molecule has 0 bridgehead atoms. The third kappa shape index (κ3) is 8.01. The molecule has 0 radical (unpaired) electrons. The van der Waals surface area contributed by atoms with Gasteiger partial charge >= 0.3 is 0 Å². The predicted octanol–water partition coefficient (Wildman–Crippen LogP) is 4.75. The molecule has 1 aromatic rings.